The molecule has 5 nitrogen and oxygen atoms in total. The van der Waals surface area contributed by atoms with Crippen molar-refractivity contribution in [3.05, 3.63) is 48.8 Å². The summed E-state index contributed by atoms with van der Waals surface area (Å²) in [6.07, 6.45) is 7.79. The third kappa shape index (κ3) is 2.25. The van der Waals surface area contributed by atoms with Crippen LogP contribution in [0.15, 0.2) is 43.2 Å². The van der Waals surface area contributed by atoms with E-state index in [1.165, 1.54) is 6.92 Å². The Balaban J connectivity index is 2.32. The van der Waals surface area contributed by atoms with Gasteiger partial charge in [0.05, 0.1) is 6.33 Å². The molecule has 0 aliphatic rings. The van der Waals surface area contributed by atoms with Crippen LogP contribution in [-0.4, -0.2) is 20.5 Å². The third-order valence-corrected chi connectivity index (χ3v) is 2.04. The summed E-state index contributed by atoms with van der Waals surface area (Å²) in [4.78, 5) is 19.0. The van der Waals surface area contributed by atoms with Gasteiger partial charge in [0.2, 0.25) is 6.23 Å². The summed E-state index contributed by atoms with van der Waals surface area (Å²) in [5, 5.41) is 0. The maximum absolute atomic E-state index is 11.0. The molecule has 1 atom stereocenters. The van der Waals surface area contributed by atoms with E-state index in [4.69, 9.17) is 4.74 Å². The summed E-state index contributed by atoms with van der Waals surface area (Å²) in [5.41, 5.74) is 0.802. The van der Waals surface area contributed by atoms with Gasteiger partial charge in [0.15, 0.2) is 0 Å². The van der Waals surface area contributed by atoms with Crippen molar-refractivity contribution in [1.82, 2.24) is 14.5 Å². The Kier molecular flexibility index (Phi) is 2.95. The average Bonchev–Trinajstić information content (AvgIpc) is 2.80. The van der Waals surface area contributed by atoms with Crippen LogP contribution >= 0.6 is 0 Å². The molecule has 0 bridgehead atoms. The average molecular weight is 217 g/mol. The van der Waals surface area contributed by atoms with E-state index in [9.17, 15) is 4.79 Å². The van der Waals surface area contributed by atoms with Crippen LogP contribution in [0.1, 0.15) is 18.7 Å². The van der Waals surface area contributed by atoms with Crippen LogP contribution in [0, 0.1) is 0 Å². The molecule has 2 aromatic heterocycles. The molecular weight excluding hydrogens is 206 g/mol. The SMILES string of the molecule is CC(=O)OC(c1cccnc1)n1ccnc1. The number of carbonyl (C=O) groups is 1. The zero-order valence-electron chi connectivity index (χ0n) is 8.78. The summed E-state index contributed by atoms with van der Waals surface area (Å²) in [7, 11) is 0. The maximum atomic E-state index is 11.0. The van der Waals surface area contributed by atoms with Gasteiger partial charge in [-0.2, -0.15) is 0 Å². The molecule has 0 saturated carbocycles. The lowest BCUT2D eigenvalue weighted by Crippen LogP contribution is -2.15. The van der Waals surface area contributed by atoms with Gasteiger partial charge in [-0.15, -0.1) is 0 Å². The number of hydrogen-bond acceptors (Lipinski definition) is 4. The van der Waals surface area contributed by atoms with Gasteiger partial charge in [0, 0.05) is 37.3 Å². The summed E-state index contributed by atoms with van der Waals surface area (Å²) in [6, 6.07) is 3.64. The number of carbonyl (C=O) groups excluding carboxylic acids is 1. The molecular formula is C11H11N3O2. The van der Waals surface area contributed by atoms with Gasteiger partial charge in [0.25, 0.3) is 0 Å². The van der Waals surface area contributed by atoms with Gasteiger partial charge in [-0.1, -0.05) is 6.07 Å². The smallest absolute Gasteiger partial charge is 0.304 e. The topological polar surface area (TPSA) is 57.0 Å². The summed E-state index contributed by atoms with van der Waals surface area (Å²) in [6.45, 7) is 1.38. The summed E-state index contributed by atoms with van der Waals surface area (Å²) >= 11 is 0. The minimum Gasteiger partial charge on any atom is -0.437 e. The van der Waals surface area contributed by atoms with Crippen LogP contribution in [-0.2, 0) is 9.53 Å². The molecule has 0 saturated heterocycles. The number of rotatable bonds is 3. The monoisotopic (exact) mass is 217 g/mol. The Morgan fingerprint density at radius 1 is 1.44 bits per heavy atom. The van der Waals surface area contributed by atoms with Gasteiger partial charge < -0.3 is 4.74 Å². The highest BCUT2D eigenvalue weighted by molar-refractivity contribution is 5.66. The first kappa shape index (κ1) is 10.4. The molecule has 0 aliphatic carbocycles. The van der Waals surface area contributed by atoms with E-state index >= 15 is 0 Å². The number of imidazole rings is 1. The van der Waals surface area contributed by atoms with Crippen molar-refractivity contribution in [2.45, 2.75) is 13.2 Å². The normalized spacial score (nSPS) is 12.1. The number of esters is 1. The fourth-order valence-electron chi connectivity index (χ4n) is 1.39. The van der Waals surface area contributed by atoms with Crippen LogP contribution in [0.2, 0.25) is 0 Å². The predicted molar refractivity (Wildman–Crippen MR) is 56.4 cm³/mol. The Morgan fingerprint density at radius 2 is 2.31 bits per heavy atom. The van der Waals surface area contributed by atoms with Crippen molar-refractivity contribution in [1.29, 1.82) is 0 Å². The minimum absolute atomic E-state index is 0.345. The molecule has 16 heavy (non-hydrogen) atoms. The lowest BCUT2D eigenvalue weighted by Gasteiger charge is -2.17. The third-order valence-electron chi connectivity index (χ3n) is 2.04. The van der Waals surface area contributed by atoms with Crippen molar-refractivity contribution in [3.63, 3.8) is 0 Å². The number of nitrogens with zero attached hydrogens (tertiary/aromatic N) is 3. The van der Waals surface area contributed by atoms with Crippen molar-refractivity contribution < 1.29 is 9.53 Å². The van der Waals surface area contributed by atoms with E-state index in [-0.39, 0.29) is 5.97 Å². The number of pyridine rings is 1. The van der Waals surface area contributed by atoms with Crippen LogP contribution in [0.4, 0.5) is 0 Å². The number of aromatic nitrogens is 3. The van der Waals surface area contributed by atoms with Crippen molar-refractivity contribution >= 4 is 5.97 Å². The number of ether oxygens (including phenoxy) is 1. The molecule has 5 heteroatoms. The lowest BCUT2D eigenvalue weighted by atomic mass is 10.2. The van der Waals surface area contributed by atoms with E-state index < -0.39 is 6.23 Å². The first-order chi connectivity index (χ1) is 7.77. The molecule has 2 rings (SSSR count). The minimum atomic E-state index is -0.506. The van der Waals surface area contributed by atoms with E-state index in [1.807, 2.05) is 6.07 Å². The quantitative estimate of drug-likeness (QED) is 0.729. The Labute approximate surface area is 92.7 Å². The van der Waals surface area contributed by atoms with Crippen molar-refractivity contribution in [2.75, 3.05) is 0 Å². The molecule has 1 unspecified atom stereocenters. The summed E-state index contributed by atoms with van der Waals surface area (Å²) in [5.74, 6) is -0.345. The van der Waals surface area contributed by atoms with Gasteiger partial charge in [0.1, 0.15) is 0 Å². The fourth-order valence-corrected chi connectivity index (χ4v) is 1.39. The lowest BCUT2D eigenvalue weighted by molar-refractivity contribution is -0.148. The second-order valence-electron chi connectivity index (χ2n) is 3.26. The van der Waals surface area contributed by atoms with Gasteiger partial charge in [-0.25, -0.2) is 4.98 Å². The van der Waals surface area contributed by atoms with E-state index in [0.717, 1.165) is 5.56 Å². The highest BCUT2D eigenvalue weighted by Gasteiger charge is 2.15. The zero-order valence-corrected chi connectivity index (χ0v) is 8.78. The second-order valence-corrected chi connectivity index (χ2v) is 3.26. The molecule has 0 spiro atoms. The van der Waals surface area contributed by atoms with Crippen molar-refractivity contribution in [3.8, 4) is 0 Å². The summed E-state index contributed by atoms with van der Waals surface area (Å²) < 4.78 is 6.93. The molecule has 0 amide bonds. The Morgan fingerprint density at radius 3 is 2.88 bits per heavy atom. The van der Waals surface area contributed by atoms with Crippen LogP contribution in [0.3, 0.4) is 0 Å². The largest absolute Gasteiger partial charge is 0.437 e. The van der Waals surface area contributed by atoms with Gasteiger partial charge in [-0.05, 0) is 6.07 Å². The highest BCUT2D eigenvalue weighted by atomic mass is 16.6. The standard InChI is InChI=1S/C11H11N3O2/c1-9(15)16-11(14-6-5-13-8-14)10-3-2-4-12-7-10/h2-8,11H,1H3. The van der Waals surface area contributed by atoms with E-state index in [2.05, 4.69) is 9.97 Å². The molecule has 82 valence electrons. The molecule has 2 aromatic rings. The predicted octanol–water partition coefficient (Wildman–Crippen LogP) is 1.39. The Bertz CT molecular complexity index is 453. The van der Waals surface area contributed by atoms with E-state index in [0.29, 0.717) is 0 Å². The molecule has 0 N–H and O–H groups in total. The van der Waals surface area contributed by atoms with Gasteiger partial charge in [-0.3, -0.25) is 14.3 Å². The Hall–Kier alpha value is -2.17. The first-order valence-electron chi connectivity index (χ1n) is 4.82. The second kappa shape index (κ2) is 4.57. The van der Waals surface area contributed by atoms with Crippen LogP contribution in [0.5, 0.6) is 0 Å². The molecule has 0 fully saturated rings. The fraction of sp³-hybridized carbons (Fsp3) is 0.182. The van der Waals surface area contributed by atoms with Gasteiger partial charge >= 0.3 is 5.97 Å². The van der Waals surface area contributed by atoms with E-state index in [1.54, 1.807) is 41.7 Å². The number of hydrogen-bond donors (Lipinski definition) is 0. The highest BCUT2D eigenvalue weighted by Crippen LogP contribution is 2.18. The molecule has 0 aromatic carbocycles. The molecule has 0 radical (unpaired) electrons. The molecule has 0 aliphatic heterocycles. The van der Waals surface area contributed by atoms with Crippen LogP contribution < -0.4 is 0 Å². The molecule has 2 heterocycles. The van der Waals surface area contributed by atoms with Crippen molar-refractivity contribution in [2.24, 2.45) is 0 Å². The zero-order chi connectivity index (χ0) is 11.4. The van der Waals surface area contributed by atoms with Crippen LogP contribution in [0.25, 0.3) is 0 Å². The first-order valence-corrected chi connectivity index (χ1v) is 4.82. The maximum Gasteiger partial charge on any atom is 0.304 e.